The zero-order valence-corrected chi connectivity index (χ0v) is 14.7. The highest BCUT2D eigenvalue weighted by atomic mass is 35.5. The molecule has 2 aromatic rings. The number of piperidine rings is 1. The highest BCUT2D eigenvalue weighted by molar-refractivity contribution is 6.31. The first-order chi connectivity index (χ1) is 11.5. The molecule has 1 amide bonds. The van der Waals surface area contributed by atoms with Gasteiger partial charge >= 0.3 is 0 Å². The van der Waals surface area contributed by atoms with Gasteiger partial charge in [0.2, 0.25) is 5.95 Å². The summed E-state index contributed by atoms with van der Waals surface area (Å²) >= 11 is 6.10. The smallest absolute Gasteiger partial charge is 0.274 e. The minimum atomic E-state index is -0.260. The van der Waals surface area contributed by atoms with E-state index in [-0.39, 0.29) is 5.91 Å². The number of aromatic nitrogens is 2. The van der Waals surface area contributed by atoms with E-state index in [4.69, 9.17) is 11.6 Å². The van der Waals surface area contributed by atoms with Crippen LogP contribution in [0.3, 0.4) is 0 Å². The van der Waals surface area contributed by atoms with Gasteiger partial charge in [-0.3, -0.25) is 4.79 Å². The molecule has 5 nitrogen and oxygen atoms in total. The van der Waals surface area contributed by atoms with Gasteiger partial charge in [-0.2, -0.15) is 0 Å². The Morgan fingerprint density at radius 1 is 1.29 bits per heavy atom. The molecule has 0 radical (unpaired) electrons. The molecule has 6 heteroatoms. The number of hydrogen-bond acceptors (Lipinski definition) is 4. The average molecular weight is 345 g/mol. The molecule has 1 fully saturated rings. The minimum absolute atomic E-state index is 0.260. The van der Waals surface area contributed by atoms with Crippen LogP contribution in [0.1, 0.15) is 35.8 Å². The maximum atomic E-state index is 12.4. The van der Waals surface area contributed by atoms with Gasteiger partial charge in [-0.25, -0.2) is 9.97 Å². The number of carbonyl (C=O) groups excluding carboxylic acids is 1. The van der Waals surface area contributed by atoms with Crippen molar-refractivity contribution >= 4 is 29.1 Å². The van der Waals surface area contributed by atoms with Crippen LogP contribution in [0.5, 0.6) is 0 Å². The van der Waals surface area contributed by atoms with Gasteiger partial charge in [0.25, 0.3) is 5.91 Å². The third-order valence-corrected chi connectivity index (χ3v) is 4.78. The van der Waals surface area contributed by atoms with E-state index in [1.54, 1.807) is 18.3 Å². The number of anilines is 2. The second-order valence-electron chi connectivity index (χ2n) is 6.33. The maximum Gasteiger partial charge on any atom is 0.274 e. The van der Waals surface area contributed by atoms with Crippen LogP contribution < -0.4 is 10.2 Å². The summed E-state index contributed by atoms with van der Waals surface area (Å²) in [6, 6.07) is 7.07. The number of nitrogens with one attached hydrogen (secondary N) is 1. The molecule has 1 aromatic heterocycles. The molecule has 0 saturated carbocycles. The lowest BCUT2D eigenvalue weighted by Crippen LogP contribution is -2.34. The van der Waals surface area contributed by atoms with E-state index in [2.05, 4.69) is 27.1 Å². The van der Waals surface area contributed by atoms with E-state index in [9.17, 15) is 4.79 Å². The Balaban J connectivity index is 1.73. The van der Waals surface area contributed by atoms with E-state index in [1.807, 2.05) is 19.1 Å². The third kappa shape index (κ3) is 3.85. The molecule has 1 saturated heterocycles. The SMILES string of the molecule is Cc1ccc(NC(=O)c2ccnc(N3CCC(C)CC3)n2)cc1Cl. The van der Waals surface area contributed by atoms with Crippen molar-refractivity contribution in [1.82, 2.24) is 9.97 Å². The number of aryl methyl sites for hydroxylation is 1. The Morgan fingerprint density at radius 2 is 2.04 bits per heavy atom. The monoisotopic (exact) mass is 344 g/mol. The molecule has 0 aliphatic carbocycles. The standard InChI is InChI=1S/C18H21ClN4O/c1-12-6-9-23(10-7-12)18-20-8-5-16(22-18)17(24)21-14-4-3-13(2)15(19)11-14/h3-5,8,11-12H,6-7,9-10H2,1-2H3,(H,21,24). The van der Waals surface area contributed by atoms with Crippen LogP contribution >= 0.6 is 11.6 Å². The number of rotatable bonds is 3. The van der Waals surface area contributed by atoms with Gasteiger partial charge in [-0.1, -0.05) is 24.6 Å². The summed E-state index contributed by atoms with van der Waals surface area (Å²) in [5.74, 6) is 1.10. The number of nitrogens with zero attached hydrogens (tertiary/aromatic N) is 3. The van der Waals surface area contributed by atoms with Crippen molar-refractivity contribution in [1.29, 1.82) is 0 Å². The second-order valence-corrected chi connectivity index (χ2v) is 6.74. The fourth-order valence-electron chi connectivity index (χ4n) is 2.70. The van der Waals surface area contributed by atoms with Crippen LogP contribution in [0, 0.1) is 12.8 Å². The van der Waals surface area contributed by atoms with Crippen LogP contribution in [0.15, 0.2) is 30.5 Å². The van der Waals surface area contributed by atoms with Gasteiger partial charge in [-0.05, 0) is 49.4 Å². The molecule has 1 N–H and O–H groups in total. The van der Waals surface area contributed by atoms with E-state index in [0.717, 1.165) is 37.4 Å². The lowest BCUT2D eigenvalue weighted by atomic mass is 10.00. The highest BCUT2D eigenvalue weighted by Crippen LogP contribution is 2.22. The first-order valence-electron chi connectivity index (χ1n) is 8.18. The van der Waals surface area contributed by atoms with Gasteiger partial charge < -0.3 is 10.2 Å². The van der Waals surface area contributed by atoms with Crippen molar-refractivity contribution in [2.75, 3.05) is 23.3 Å². The summed E-state index contributed by atoms with van der Waals surface area (Å²) in [5, 5.41) is 3.46. The molecule has 24 heavy (non-hydrogen) atoms. The Hall–Kier alpha value is -2.14. The van der Waals surface area contributed by atoms with Gasteiger partial charge in [0, 0.05) is 30.0 Å². The number of hydrogen-bond donors (Lipinski definition) is 1. The van der Waals surface area contributed by atoms with Gasteiger partial charge in [0.1, 0.15) is 5.69 Å². The lowest BCUT2D eigenvalue weighted by molar-refractivity contribution is 0.102. The summed E-state index contributed by atoms with van der Waals surface area (Å²) in [6.07, 6.45) is 3.89. The molecular formula is C18H21ClN4O. The van der Waals surface area contributed by atoms with Crippen molar-refractivity contribution in [3.05, 3.63) is 46.7 Å². The van der Waals surface area contributed by atoms with Gasteiger partial charge in [-0.15, -0.1) is 0 Å². The first-order valence-corrected chi connectivity index (χ1v) is 8.56. The van der Waals surface area contributed by atoms with Crippen molar-refractivity contribution in [2.45, 2.75) is 26.7 Å². The third-order valence-electron chi connectivity index (χ3n) is 4.37. The summed E-state index contributed by atoms with van der Waals surface area (Å²) < 4.78 is 0. The van der Waals surface area contributed by atoms with Crippen molar-refractivity contribution in [2.24, 2.45) is 5.92 Å². The topological polar surface area (TPSA) is 58.1 Å². The molecule has 2 heterocycles. The van der Waals surface area contributed by atoms with Crippen LogP contribution in [-0.2, 0) is 0 Å². The fraction of sp³-hybridized carbons (Fsp3) is 0.389. The molecule has 1 aromatic carbocycles. The molecule has 0 spiro atoms. The zero-order chi connectivity index (χ0) is 17.1. The second kappa shape index (κ2) is 7.18. The van der Waals surface area contributed by atoms with Crippen molar-refractivity contribution in [3.63, 3.8) is 0 Å². The summed E-state index contributed by atoms with van der Waals surface area (Å²) in [5.41, 5.74) is 1.98. The summed E-state index contributed by atoms with van der Waals surface area (Å²) in [4.78, 5) is 23.3. The minimum Gasteiger partial charge on any atom is -0.341 e. The summed E-state index contributed by atoms with van der Waals surface area (Å²) in [7, 11) is 0. The molecule has 0 atom stereocenters. The first kappa shape index (κ1) is 16.7. The quantitative estimate of drug-likeness (QED) is 0.916. The molecule has 0 unspecified atom stereocenters. The van der Waals surface area contributed by atoms with Crippen molar-refractivity contribution < 1.29 is 4.79 Å². The van der Waals surface area contributed by atoms with E-state index in [0.29, 0.717) is 22.4 Å². The molecule has 1 aliphatic rings. The normalized spacial score (nSPS) is 15.4. The Bertz CT molecular complexity index is 742. The largest absolute Gasteiger partial charge is 0.341 e. The predicted octanol–water partition coefficient (Wildman–Crippen LogP) is 3.93. The van der Waals surface area contributed by atoms with Gasteiger partial charge in [0.05, 0.1) is 0 Å². The number of halogens is 1. The molecular weight excluding hydrogens is 324 g/mol. The Labute approximate surface area is 147 Å². The van der Waals surface area contributed by atoms with Crippen molar-refractivity contribution in [3.8, 4) is 0 Å². The fourth-order valence-corrected chi connectivity index (χ4v) is 2.88. The Morgan fingerprint density at radius 3 is 2.75 bits per heavy atom. The molecule has 3 rings (SSSR count). The number of amides is 1. The molecule has 0 bridgehead atoms. The molecule has 126 valence electrons. The predicted molar refractivity (Wildman–Crippen MR) is 96.8 cm³/mol. The van der Waals surface area contributed by atoms with Crippen LogP contribution in [-0.4, -0.2) is 29.0 Å². The van der Waals surface area contributed by atoms with E-state index < -0.39 is 0 Å². The van der Waals surface area contributed by atoms with Crippen LogP contribution in [0.25, 0.3) is 0 Å². The molecule has 1 aliphatic heterocycles. The maximum absolute atomic E-state index is 12.4. The van der Waals surface area contributed by atoms with E-state index in [1.165, 1.54) is 0 Å². The highest BCUT2D eigenvalue weighted by Gasteiger charge is 2.19. The number of carbonyl (C=O) groups is 1. The summed E-state index contributed by atoms with van der Waals surface area (Å²) in [6.45, 7) is 6.04. The van der Waals surface area contributed by atoms with E-state index >= 15 is 0 Å². The van der Waals surface area contributed by atoms with Crippen LogP contribution in [0.2, 0.25) is 5.02 Å². The lowest BCUT2D eigenvalue weighted by Gasteiger charge is -2.30. The number of benzene rings is 1. The zero-order valence-electron chi connectivity index (χ0n) is 13.9. The van der Waals surface area contributed by atoms with Crippen LogP contribution in [0.4, 0.5) is 11.6 Å². The average Bonchev–Trinajstić information content (AvgIpc) is 2.59. The van der Waals surface area contributed by atoms with Gasteiger partial charge in [0.15, 0.2) is 0 Å². The Kier molecular flexibility index (Phi) is 5.00.